The normalized spacial score (nSPS) is 19.1. The fourth-order valence-electron chi connectivity index (χ4n) is 3.66. The number of hydrogen-bond acceptors (Lipinski definition) is 6. The number of benzene rings is 1. The van der Waals surface area contributed by atoms with Gasteiger partial charge in [0.25, 0.3) is 5.91 Å². The first kappa shape index (κ1) is 22.2. The van der Waals surface area contributed by atoms with Gasteiger partial charge < -0.3 is 14.4 Å². The van der Waals surface area contributed by atoms with Crippen LogP contribution < -0.4 is 4.74 Å². The van der Waals surface area contributed by atoms with Gasteiger partial charge in [-0.2, -0.15) is 0 Å². The summed E-state index contributed by atoms with van der Waals surface area (Å²) in [6.45, 7) is 9.13. The van der Waals surface area contributed by atoms with Crippen LogP contribution in [0.2, 0.25) is 0 Å². The van der Waals surface area contributed by atoms with Crippen molar-refractivity contribution in [2.75, 3.05) is 24.7 Å². The van der Waals surface area contributed by atoms with Crippen LogP contribution in [0.5, 0.6) is 5.75 Å². The predicted molar refractivity (Wildman–Crippen MR) is 106 cm³/mol. The number of rotatable bonds is 7. The molecule has 0 spiro atoms. The number of esters is 1. The minimum absolute atomic E-state index is 0.0394. The molecule has 1 heterocycles. The molecule has 1 aliphatic heterocycles. The minimum atomic E-state index is -3.11. The molecule has 2 atom stereocenters. The molecule has 0 aliphatic carbocycles. The average Bonchev–Trinajstić information content (AvgIpc) is 2.94. The molecule has 0 aromatic heterocycles. The van der Waals surface area contributed by atoms with Crippen LogP contribution >= 0.6 is 0 Å². The number of amides is 1. The van der Waals surface area contributed by atoms with Gasteiger partial charge in [-0.1, -0.05) is 17.7 Å². The van der Waals surface area contributed by atoms with E-state index in [0.717, 1.165) is 16.7 Å². The summed E-state index contributed by atoms with van der Waals surface area (Å²) in [6.07, 6.45) is -0.586. The lowest BCUT2D eigenvalue weighted by atomic mass is 10.1. The molecule has 0 bridgehead atoms. The van der Waals surface area contributed by atoms with E-state index in [1.165, 1.54) is 11.8 Å². The standard InChI is InChI=1S/C20H29NO6S/c1-6-21(17-7-8-28(24,25)12-17)20(23)16(5)27-18(22)11-26-19-14(3)9-13(2)10-15(19)4/h9-10,16-17H,6-8,11-12H2,1-5H3/t16-,17+/m1/s1. The number of nitrogens with zero attached hydrogens (tertiary/aromatic N) is 1. The van der Waals surface area contributed by atoms with Crippen molar-refractivity contribution in [3.8, 4) is 5.75 Å². The molecule has 0 saturated carbocycles. The van der Waals surface area contributed by atoms with Gasteiger partial charge in [0.05, 0.1) is 11.5 Å². The second kappa shape index (κ2) is 8.94. The maximum Gasteiger partial charge on any atom is 0.344 e. The van der Waals surface area contributed by atoms with Gasteiger partial charge in [0.1, 0.15) is 5.75 Å². The number of likely N-dealkylation sites (N-methyl/N-ethyl adjacent to an activating group) is 1. The van der Waals surface area contributed by atoms with Crippen LogP contribution in [-0.4, -0.2) is 62.0 Å². The second-order valence-electron chi connectivity index (χ2n) is 7.33. The summed E-state index contributed by atoms with van der Waals surface area (Å²) < 4.78 is 34.2. The summed E-state index contributed by atoms with van der Waals surface area (Å²) in [7, 11) is -3.11. The summed E-state index contributed by atoms with van der Waals surface area (Å²) in [4.78, 5) is 26.3. The lowest BCUT2D eigenvalue weighted by molar-refractivity contribution is -0.161. The first-order valence-corrected chi connectivity index (χ1v) is 11.3. The number of ether oxygens (including phenoxy) is 2. The van der Waals surface area contributed by atoms with Crippen LogP contribution in [-0.2, 0) is 24.2 Å². The van der Waals surface area contributed by atoms with Crippen LogP contribution in [0, 0.1) is 20.8 Å². The summed E-state index contributed by atoms with van der Waals surface area (Å²) in [5.74, 6) is -0.357. The molecule has 156 valence electrons. The SMILES string of the molecule is CCN(C(=O)[C@@H](C)OC(=O)COc1c(C)cc(C)cc1C)[C@H]1CCS(=O)(=O)C1. The Hall–Kier alpha value is -2.09. The topological polar surface area (TPSA) is 90.0 Å². The Labute approximate surface area is 166 Å². The number of sulfone groups is 1. The van der Waals surface area contributed by atoms with E-state index in [1.54, 1.807) is 6.92 Å². The molecule has 1 saturated heterocycles. The molecular formula is C20H29NO6S. The largest absolute Gasteiger partial charge is 0.481 e. The van der Waals surface area contributed by atoms with Crippen molar-refractivity contribution >= 4 is 21.7 Å². The van der Waals surface area contributed by atoms with Gasteiger partial charge in [-0.3, -0.25) is 4.79 Å². The van der Waals surface area contributed by atoms with Crippen molar-refractivity contribution in [2.24, 2.45) is 0 Å². The molecule has 1 fully saturated rings. The Kier molecular flexibility index (Phi) is 7.09. The number of hydrogen-bond donors (Lipinski definition) is 0. The zero-order chi connectivity index (χ0) is 21.1. The van der Waals surface area contributed by atoms with E-state index >= 15 is 0 Å². The van der Waals surface area contributed by atoms with Crippen molar-refractivity contribution in [2.45, 2.75) is 53.2 Å². The summed E-state index contributed by atoms with van der Waals surface area (Å²) in [5, 5.41) is 0. The van der Waals surface area contributed by atoms with Gasteiger partial charge >= 0.3 is 5.97 Å². The quantitative estimate of drug-likeness (QED) is 0.637. The Balaban J connectivity index is 1.93. The first-order valence-electron chi connectivity index (χ1n) is 9.45. The Morgan fingerprint density at radius 1 is 1.21 bits per heavy atom. The highest BCUT2D eigenvalue weighted by atomic mass is 32.2. The van der Waals surface area contributed by atoms with E-state index in [9.17, 15) is 18.0 Å². The van der Waals surface area contributed by atoms with Gasteiger partial charge in [0, 0.05) is 12.6 Å². The Morgan fingerprint density at radius 2 is 1.82 bits per heavy atom. The maximum absolute atomic E-state index is 12.6. The molecule has 1 aromatic rings. The van der Waals surface area contributed by atoms with Crippen molar-refractivity contribution in [1.29, 1.82) is 0 Å². The van der Waals surface area contributed by atoms with E-state index in [-0.39, 0.29) is 30.1 Å². The third kappa shape index (κ3) is 5.47. The number of aryl methyl sites for hydroxylation is 3. The molecule has 0 radical (unpaired) electrons. The minimum Gasteiger partial charge on any atom is -0.481 e. The lowest BCUT2D eigenvalue weighted by Gasteiger charge is -2.29. The highest BCUT2D eigenvalue weighted by molar-refractivity contribution is 7.91. The van der Waals surface area contributed by atoms with Crippen LogP contribution in [0.1, 0.15) is 37.0 Å². The van der Waals surface area contributed by atoms with Crippen molar-refractivity contribution in [3.63, 3.8) is 0 Å². The first-order chi connectivity index (χ1) is 13.0. The summed E-state index contributed by atoms with van der Waals surface area (Å²) in [6, 6.07) is 3.57. The van der Waals surface area contributed by atoms with Crippen LogP contribution in [0.4, 0.5) is 0 Å². The molecule has 0 unspecified atom stereocenters. The van der Waals surface area contributed by atoms with E-state index in [4.69, 9.17) is 9.47 Å². The second-order valence-corrected chi connectivity index (χ2v) is 9.56. The molecule has 0 N–H and O–H groups in total. The molecule has 1 amide bonds. The lowest BCUT2D eigenvalue weighted by Crippen LogP contribution is -2.46. The van der Waals surface area contributed by atoms with Crippen LogP contribution in [0.3, 0.4) is 0 Å². The van der Waals surface area contributed by atoms with Crippen LogP contribution in [0.25, 0.3) is 0 Å². The van der Waals surface area contributed by atoms with E-state index < -0.39 is 21.9 Å². The van der Waals surface area contributed by atoms with Gasteiger partial charge in [0.15, 0.2) is 22.5 Å². The highest BCUT2D eigenvalue weighted by Gasteiger charge is 2.36. The molecule has 8 heteroatoms. The molecular weight excluding hydrogens is 382 g/mol. The third-order valence-corrected chi connectivity index (χ3v) is 6.62. The average molecular weight is 412 g/mol. The fraction of sp³-hybridized carbons (Fsp3) is 0.600. The Bertz CT molecular complexity index is 825. The molecule has 28 heavy (non-hydrogen) atoms. The smallest absolute Gasteiger partial charge is 0.344 e. The Morgan fingerprint density at radius 3 is 2.32 bits per heavy atom. The zero-order valence-electron chi connectivity index (χ0n) is 17.1. The number of carbonyl (C=O) groups excluding carboxylic acids is 2. The highest BCUT2D eigenvalue weighted by Crippen LogP contribution is 2.24. The maximum atomic E-state index is 12.6. The molecule has 2 rings (SSSR count). The van der Waals surface area contributed by atoms with Crippen molar-refractivity contribution in [1.82, 2.24) is 4.90 Å². The van der Waals surface area contributed by atoms with E-state index in [1.807, 2.05) is 32.9 Å². The van der Waals surface area contributed by atoms with Gasteiger partial charge in [-0.15, -0.1) is 0 Å². The predicted octanol–water partition coefficient (Wildman–Crippen LogP) is 1.96. The van der Waals surface area contributed by atoms with Crippen molar-refractivity contribution < 1.29 is 27.5 Å². The van der Waals surface area contributed by atoms with Gasteiger partial charge in [-0.25, -0.2) is 13.2 Å². The summed E-state index contributed by atoms with van der Waals surface area (Å²) >= 11 is 0. The number of carbonyl (C=O) groups is 2. The molecule has 1 aromatic carbocycles. The van der Waals surface area contributed by atoms with E-state index in [0.29, 0.717) is 18.7 Å². The monoisotopic (exact) mass is 411 g/mol. The zero-order valence-corrected chi connectivity index (χ0v) is 18.0. The van der Waals surface area contributed by atoms with Crippen molar-refractivity contribution in [3.05, 3.63) is 28.8 Å². The van der Waals surface area contributed by atoms with Crippen LogP contribution in [0.15, 0.2) is 12.1 Å². The fourth-order valence-corrected chi connectivity index (χ4v) is 5.39. The molecule has 1 aliphatic rings. The van der Waals surface area contributed by atoms with E-state index in [2.05, 4.69) is 0 Å². The third-order valence-electron chi connectivity index (χ3n) is 4.87. The summed E-state index contributed by atoms with van der Waals surface area (Å²) in [5.41, 5.74) is 2.96. The molecule has 7 nitrogen and oxygen atoms in total. The van der Waals surface area contributed by atoms with Gasteiger partial charge in [-0.05, 0) is 52.2 Å². The van der Waals surface area contributed by atoms with Gasteiger partial charge in [0.2, 0.25) is 0 Å².